The minimum atomic E-state index is -0.183. The number of benzene rings is 1. The lowest BCUT2D eigenvalue weighted by molar-refractivity contribution is 0.422. The van der Waals surface area contributed by atoms with Gasteiger partial charge in [0.25, 0.3) is 0 Å². The Kier molecular flexibility index (Phi) is 4.63. The highest BCUT2D eigenvalue weighted by molar-refractivity contribution is 6.31. The van der Waals surface area contributed by atoms with Gasteiger partial charge in [-0.1, -0.05) is 31.9 Å². The molecule has 100 valence electrons. The van der Waals surface area contributed by atoms with E-state index in [2.05, 4.69) is 19.2 Å². The standard InChI is InChI=1S/C15H21ClFN/c1-10(2)18-9-11-4-3-5-13(11)14-8-12(17)6-7-15(14)16/h6-8,10-11,13,18H,3-5,9H2,1-2H3. The van der Waals surface area contributed by atoms with Gasteiger partial charge >= 0.3 is 0 Å². The molecule has 1 N–H and O–H groups in total. The molecular weight excluding hydrogens is 249 g/mol. The van der Waals surface area contributed by atoms with Crippen molar-refractivity contribution in [2.24, 2.45) is 5.92 Å². The molecule has 3 heteroatoms. The monoisotopic (exact) mass is 269 g/mol. The van der Waals surface area contributed by atoms with Crippen molar-refractivity contribution in [1.82, 2.24) is 5.32 Å². The Labute approximate surface area is 114 Å². The summed E-state index contributed by atoms with van der Waals surface area (Å²) < 4.78 is 13.4. The zero-order chi connectivity index (χ0) is 13.1. The molecule has 0 bridgehead atoms. The first-order chi connectivity index (χ1) is 8.58. The minimum absolute atomic E-state index is 0.183. The summed E-state index contributed by atoms with van der Waals surface area (Å²) >= 11 is 6.22. The van der Waals surface area contributed by atoms with Crippen LogP contribution in [0.1, 0.15) is 44.6 Å². The Hall–Kier alpha value is -0.600. The second-order valence-corrected chi connectivity index (χ2v) is 5.93. The summed E-state index contributed by atoms with van der Waals surface area (Å²) in [5.74, 6) is 0.794. The van der Waals surface area contributed by atoms with E-state index in [1.165, 1.54) is 18.9 Å². The van der Waals surface area contributed by atoms with Crippen LogP contribution >= 0.6 is 11.6 Å². The normalized spacial score (nSPS) is 23.8. The molecule has 1 aromatic carbocycles. The van der Waals surface area contributed by atoms with E-state index in [0.29, 0.717) is 22.9 Å². The first-order valence-electron chi connectivity index (χ1n) is 6.76. The van der Waals surface area contributed by atoms with Crippen LogP contribution in [0.3, 0.4) is 0 Å². The van der Waals surface area contributed by atoms with Crippen molar-refractivity contribution in [3.8, 4) is 0 Å². The summed E-state index contributed by atoms with van der Waals surface area (Å²) in [4.78, 5) is 0. The number of halogens is 2. The molecule has 18 heavy (non-hydrogen) atoms. The molecule has 2 atom stereocenters. The molecule has 0 saturated heterocycles. The summed E-state index contributed by atoms with van der Waals surface area (Å²) in [6, 6.07) is 5.22. The van der Waals surface area contributed by atoms with Gasteiger partial charge in [0.2, 0.25) is 0 Å². The van der Waals surface area contributed by atoms with E-state index in [4.69, 9.17) is 11.6 Å². The number of hydrogen-bond acceptors (Lipinski definition) is 1. The second-order valence-electron chi connectivity index (χ2n) is 5.53. The Morgan fingerprint density at radius 1 is 1.39 bits per heavy atom. The molecule has 0 radical (unpaired) electrons. The number of hydrogen-bond donors (Lipinski definition) is 1. The molecule has 0 aromatic heterocycles. The van der Waals surface area contributed by atoms with Crippen LogP contribution in [0.15, 0.2) is 18.2 Å². The van der Waals surface area contributed by atoms with Crippen molar-refractivity contribution in [1.29, 1.82) is 0 Å². The average Bonchev–Trinajstić information content (AvgIpc) is 2.77. The van der Waals surface area contributed by atoms with Crippen molar-refractivity contribution in [3.05, 3.63) is 34.6 Å². The second kappa shape index (κ2) is 6.03. The lowest BCUT2D eigenvalue weighted by Crippen LogP contribution is -2.30. The van der Waals surface area contributed by atoms with Crippen molar-refractivity contribution < 1.29 is 4.39 Å². The molecule has 1 aliphatic rings. The molecule has 1 nitrogen and oxygen atoms in total. The molecule has 0 heterocycles. The highest BCUT2D eigenvalue weighted by atomic mass is 35.5. The Bertz CT molecular complexity index is 405. The fourth-order valence-corrected chi connectivity index (χ4v) is 3.13. The first kappa shape index (κ1) is 13.8. The maximum absolute atomic E-state index is 13.4. The smallest absolute Gasteiger partial charge is 0.123 e. The van der Waals surface area contributed by atoms with Gasteiger partial charge in [-0.15, -0.1) is 0 Å². The van der Waals surface area contributed by atoms with Crippen molar-refractivity contribution in [2.45, 2.75) is 45.1 Å². The van der Waals surface area contributed by atoms with Crippen LogP contribution in [0.4, 0.5) is 4.39 Å². The lowest BCUT2D eigenvalue weighted by atomic mass is 9.88. The molecule has 1 fully saturated rings. The Morgan fingerprint density at radius 3 is 2.89 bits per heavy atom. The van der Waals surface area contributed by atoms with Crippen LogP contribution in [0, 0.1) is 11.7 Å². The van der Waals surface area contributed by atoms with Crippen LogP contribution in [-0.4, -0.2) is 12.6 Å². The zero-order valence-electron chi connectivity index (χ0n) is 11.0. The summed E-state index contributed by atoms with van der Waals surface area (Å²) in [7, 11) is 0. The highest BCUT2D eigenvalue weighted by Crippen LogP contribution is 2.42. The fourth-order valence-electron chi connectivity index (χ4n) is 2.88. The van der Waals surface area contributed by atoms with E-state index < -0.39 is 0 Å². The molecular formula is C15H21ClFN. The van der Waals surface area contributed by atoms with Crippen LogP contribution in [0.5, 0.6) is 0 Å². The Balaban J connectivity index is 2.13. The fraction of sp³-hybridized carbons (Fsp3) is 0.600. The van der Waals surface area contributed by atoms with E-state index in [1.54, 1.807) is 12.1 Å². The third kappa shape index (κ3) is 3.24. The van der Waals surface area contributed by atoms with E-state index in [-0.39, 0.29) is 5.82 Å². The summed E-state index contributed by atoms with van der Waals surface area (Å²) in [6.07, 6.45) is 3.53. The van der Waals surface area contributed by atoms with E-state index >= 15 is 0 Å². The van der Waals surface area contributed by atoms with Gasteiger partial charge in [0.05, 0.1) is 0 Å². The van der Waals surface area contributed by atoms with Gasteiger partial charge in [0.1, 0.15) is 5.82 Å². The van der Waals surface area contributed by atoms with E-state index in [1.807, 2.05) is 0 Å². The molecule has 1 aliphatic carbocycles. The van der Waals surface area contributed by atoms with Crippen molar-refractivity contribution in [2.75, 3.05) is 6.54 Å². The number of nitrogens with one attached hydrogen (secondary N) is 1. The SMILES string of the molecule is CC(C)NCC1CCCC1c1cc(F)ccc1Cl. The molecule has 0 aliphatic heterocycles. The summed E-state index contributed by atoms with van der Waals surface area (Å²) in [5.41, 5.74) is 0.990. The molecule has 1 saturated carbocycles. The van der Waals surface area contributed by atoms with Crippen LogP contribution in [0.2, 0.25) is 5.02 Å². The quantitative estimate of drug-likeness (QED) is 0.856. The highest BCUT2D eigenvalue weighted by Gasteiger charge is 2.30. The molecule has 1 aromatic rings. The van der Waals surface area contributed by atoms with E-state index in [0.717, 1.165) is 18.5 Å². The van der Waals surface area contributed by atoms with Crippen molar-refractivity contribution >= 4 is 11.6 Å². The topological polar surface area (TPSA) is 12.0 Å². The Morgan fingerprint density at radius 2 is 2.17 bits per heavy atom. The van der Waals surface area contributed by atoms with Crippen LogP contribution < -0.4 is 5.32 Å². The van der Waals surface area contributed by atoms with Gasteiger partial charge in [0.15, 0.2) is 0 Å². The third-order valence-electron chi connectivity index (χ3n) is 3.80. The minimum Gasteiger partial charge on any atom is -0.314 e. The van der Waals surface area contributed by atoms with E-state index in [9.17, 15) is 4.39 Å². The first-order valence-corrected chi connectivity index (χ1v) is 7.14. The maximum atomic E-state index is 13.4. The van der Waals surface area contributed by atoms with Gasteiger partial charge in [-0.2, -0.15) is 0 Å². The predicted octanol–water partition coefficient (Wildman–Crippen LogP) is 4.36. The number of rotatable bonds is 4. The van der Waals surface area contributed by atoms with Gasteiger partial charge in [-0.25, -0.2) is 4.39 Å². The largest absolute Gasteiger partial charge is 0.314 e. The molecule has 0 spiro atoms. The van der Waals surface area contributed by atoms with Gasteiger partial charge in [0, 0.05) is 11.1 Å². The van der Waals surface area contributed by atoms with Crippen LogP contribution in [0.25, 0.3) is 0 Å². The molecule has 0 amide bonds. The van der Waals surface area contributed by atoms with Gasteiger partial charge in [-0.05, 0) is 55.0 Å². The maximum Gasteiger partial charge on any atom is 0.123 e. The lowest BCUT2D eigenvalue weighted by Gasteiger charge is -2.22. The zero-order valence-corrected chi connectivity index (χ0v) is 11.8. The van der Waals surface area contributed by atoms with Crippen molar-refractivity contribution in [3.63, 3.8) is 0 Å². The van der Waals surface area contributed by atoms with Gasteiger partial charge < -0.3 is 5.32 Å². The average molecular weight is 270 g/mol. The van der Waals surface area contributed by atoms with Gasteiger partial charge in [-0.3, -0.25) is 0 Å². The summed E-state index contributed by atoms with van der Waals surface area (Å²) in [6.45, 7) is 5.30. The van der Waals surface area contributed by atoms with Crippen LogP contribution in [-0.2, 0) is 0 Å². The third-order valence-corrected chi connectivity index (χ3v) is 4.15. The molecule has 2 unspecified atom stereocenters. The predicted molar refractivity (Wildman–Crippen MR) is 74.6 cm³/mol. The summed E-state index contributed by atoms with van der Waals surface area (Å²) in [5, 5.41) is 4.19. The molecule has 2 rings (SSSR count).